The lowest BCUT2D eigenvalue weighted by Crippen LogP contribution is -2.40. The molecular weight excluding hydrogens is 463 g/mol. The zero-order chi connectivity index (χ0) is 22.9. The average Bonchev–Trinajstić information content (AvgIpc) is 3.44. The number of likely N-dealkylation sites (tertiary alicyclic amines) is 1. The third-order valence-electron chi connectivity index (χ3n) is 6.44. The van der Waals surface area contributed by atoms with Crippen LogP contribution in [0, 0.1) is 0 Å². The molecule has 0 saturated carbocycles. The monoisotopic (exact) mass is 480 g/mol. The van der Waals surface area contributed by atoms with Crippen LogP contribution in [0.1, 0.15) is 24.2 Å². The van der Waals surface area contributed by atoms with Gasteiger partial charge in [-0.3, -0.25) is 4.57 Å². The Balaban J connectivity index is 1.39. The van der Waals surface area contributed by atoms with E-state index in [-0.39, 0.29) is 23.6 Å². The number of halogens is 2. The Labute approximate surface area is 198 Å². The second kappa shape index (κ2) is 7.30. The fourth-order valence-corrected chi connectivity index (χ4v) is 5.64. The van der Waals surface area contributed by atoms with Gasteiger partial charge in [0.15, 0.2) is 0 Å². The van der Waals surface area contributed by atoms with Gasteiger partial charge in [0.05, 0.1) is 17.8 Å². The van der Waals surface area contributed by atoms with E-state index >= 15 is 0 Å². The highest BCUT2D eigenvalue weighted by molar-refractivity contribution is 6.35. The van der Waals surface area contributed by atoms with Gasteiger partial charge >= 0.3 is 11.7 Å². The number of anilines is 1. The molecule has 2 N–H and O–H groups in total. The molecule has 3 heterocycles. The number of imidazole rings is 1. The van der Waals surface area contributed by atoms with E-state index in [1.807, 2.05) is 42.5 Å². The summed E-state index contributed by atoms with van der Waals surface area (Å²) in [7, 11) is 0. The molecular formula is C24H18Cl2N4O3. The molecule has 6 rings (SSSR count). The van der Waals surface area contributed by atoms with Gasteiger partial charge in [0.1, 0.15) is 5.69 Å². The molecule has 2 aliphatic rings. The van der Waals surface area contributed by atoms with Gasteiger partial charge in [-0.15, -0.1) is 0 Å². The van der Waals surface area contributed by atoms with Crippen LogP contribution < -0.4 is 11.0 Å². The number of urea groups is 1. The number of amides is 2. The van der Waals surface area contributed by atoms with Crippen LogP contribution in [0.3, 0.4) is 0 Å². The van der Waals surface area contributed by atoms with Crippen LogP contribution in [-0.2, 0) is 0 Å². The van der Waals surface area contributed by atoms with Crippen LogP contribution in [0.2, 0.25) is 10.0 Å². The van der Waals surface area contributed by atoms with Gasteiger partial charge in [0.2, 0.25) is 5.88 Å². The normalized spacial score (nSPS) is 18.7. The fourth-order valence-electron chi connectivity index (χ4n) is 5.11. The van der Waals surface area contributed by atoms with Crippen molar-refractivity contribution in [2.45, 2.75) is 18.5 Å². The SMILES string of the molecule is O=C(Nc1cc(Cl)cc(Cl)c1)N1CC2CC1c1c(O)n(-c3cccc4ccccc34)c(=O)n12. The average molecular weight is 481 g/mol. The van der Waals surface area contributed by atoms with Crippen LogP contribution in [0.5, 0.6) is 5.88 Å². The number of rotatable bonds is 2. The summed E-state index contributed by atoms with van der Waals surface area (Å²) in [4.78, 5) is 28.1. The number of aromatic nitrogens is 2. The van der Waals surface area contributed by atoms with Crippen LogP contribution >= 0.6 is 23.2 Å². The lowest BCUT2D eigenvalue weighted by molar-refractivity contribution is 0.198. The summed E-state index contributed by atoms with van der Waals surface area (Å²) in [5.41, 5.74) is 1.26. The minimum atomic E-state index is -0.409. The second-order valence-corrected chi connectivity index (χ2v) is 9.21. The van der Waals surface area contributed by atoms with Crippen molar-refractivity contribution in [1.29, 1.82) is 0 Å². The lowest BCUT2D eigenvalue weighted by Gasteiger charge is -2.27. The van der Waals surface area contributed by atoms with Gasteiger partial charge in [-0.2, -0.15) is 0 Å². The highest BCUT2D eigenvalue weighted by Gasteiger charge is 2.49. The first kappa shape index (κ1) is 20.2. The number of aromatic hydroxyl groups is 1. The minimum absolute atomic E-state index is 0.132. The molecule has 2 aliphatic heterocycles. The number of fused-ring (bicyclic) bond motifs is 6. The molecule has 2 unspecified atom stereocenters. The molecule has 1 fully saturated rings. The maximum atomic E-state index is 13.4. The highest BCUT2D eigenvalue weighted by Crippen LogP contribution is 2.49. The van der Waals surface area contributed by atoms with E-state index in [1.165, 1.54) is 4.57 Å². The van der Waals surface area contributed by atoms with E-state index in [4.69, 9.17) is 23.2 Å². The molecule has 9 heteroatoms. The summed E-state index contributed by atoms with van der Waals surface area (Å²) in [6.45, 7) is 0.372. The van der Waals surface area contributed by atoms with Gasteiger partial charge in [0, 0.05) is 27.7 Å². The molecule has 2 atom stereocenters. The molecule has 33 heavy (non-hydrogen) atoms. The predicted octanol–water partition coefficient (Wildman–Crippen LogP) is 5.34. The molecule has 3 aromatic carbocycles. The maximum absolute atomic E-state index is 13.4. The van der Waals surface area contributed by atoms with E-state index in [0.717, 1.165) is 10.8 Å². The van der Waals surface area contributed by atoms with Gasteiger partial charge in [-0.05, 0) is 36.1 Å². The van der Waals surface area contributed by atoms with Crippen molar-refractivity contribution in [3.63, 3.8) is 0 Å². The molecule has 1 saturated heterocycles. The fraction of sp³-hybridized carbons (Fsp3) is 0.167. The first-order valence-corrected chi connectivity index (χ1v) is 11.3. The van der Waals surface area contributed by atoms with Crippen LogP contribution in [0.4, 0.5) is 10.5 Å². The number of carbonyl (C=O) groups excluding carboxylic acids is 1. The summed E-state index contributed by atoms with van der Waals surface area (Å²) in [6, 6.07) is 17.2. The van der Waals surface area contributed by atoms with Crippen molar-refractivity contribution in [3.8, 4) is 11.6 Å². The Bertz CT molecular complexity index is 1480. The molecule has 0 aliphatic carbocycles. The number of hydrogen-bond acceptors (Lipinski definition) is 3. The summed E-state index contributed by atoms with van der Waals surface area (Å²) >= 11 is 12.1. The Morgan fingerprint density at radius 3 is 2.55 bits per heavy atom. The van der Waals surface area contributed by atoms with Gasteiger partial charge in [0.25, 0.3) is 0 Å². The highest BCUT2D eigenvalue weighted by atomic mass is 35.5. The Morgan fingerprint density at radius 2 is 1.76 bits per heavy atom. The van der Waals surface area contributed by atoms with Crippen molar-refractivity contribution in [1.82, 2.24) is 14.0 Å². The summed E-state index contributed by atoms with van der Waals surface area (Å²) in [5, 5.41) is 16.7. The number of benzene rings is 3. The number of nitrogens with zero attached hydrogens (tertiary/aromatic N) is 3. The second-order valence-electron chi connectivity index (χ2n) is 8.34. The summed E-state index contributed by atoms with van der Waals surface area (Å²) in [6.07, 6.45) is 0.582. The van der Waals surface area contributed by atoms with E-state index in [1.54, 1.807) is 27.7 Å². The summed E-state index contributed by atoms with van der Waals surface area (Å²) in [5.74, 6) is -0.132. The van der Waals surface area contributed by atoms with Crippen LogP contribution in [-0.4, -0.2) is 31.7 Å². The van der Waals surface area contributed by atoms with Gasteiger partial charge in [-0.25, -0.2) is 14.2 Å². The predicted molar refractivity (Wildman–Crippen MR) is 128 cm³/mol. The van der Waals surface area contributed by atoms with E-state index < -0.39 is 6.04 Å². The third-order valence-corrected chi connectivity index (χ3v) is 6.88. The lowest BCUT2D eigenvalue weighted by atomic mass is 10.1. The number of hydrogen-bond donors (Lipinski definition) is 2. The topological polar surface area (TPSA) is 79.5 Å². The van der Waals surface area contributed by atoms with Crippen molar-refractivity contribution in [2.24, 2.45) is 0 Å². The quantitative estimate of drug-likeness (QED) is 0.406. The molecule has 7 nitrogen and oxygen atoms in total. The van der Waals surface area contributed by atoms with E-state index in [2.05, 4.69) is 5.32 Å². The van der Waals surface area contributed by atoms with Gasteiger partial charge in [-0.1, -0.05) is 59.6 Å². The third kappa shape index (κ3) is 3.03. The Morgan fingerprint density at radius 1 is 1.03 bits per heavy atom. The largest absolute Gasteiger partial charge is 0.493 e. The molecule has 2 amide bonds. The van der Waals surface area contributed by atoms with Crippen molar-refractivity contribution >= 4 is 45.7 Å². The van der Waals surface area contributed by atoms with E-state index in [0.29, 0.717) is 40.1 Å². The molecule has 0 spiro atoms. The van der Waals surface area contributed by atoms with E-state index in [9.17, 15) is 14.7 Å². The first-order valence-electron chi connectivity index (χ1n) is 10.5. The van der Waals surface area contributed by atoms with Crippen molar-refractivity contribution < 1.29 is 9.90 Å². The van der Waals surface area contributed by atoms with Crippen molar-refractivity contribution in [2.75, 3.05) is 11.9 Å². The standard InChI is InChI=1S/C24H18Cl2N4O3/c25-14-8-15(26)10-16(9-14)27-23(32)28-12-17-11-20(28)21-22(31)30(24(33)29(17)21)19-7-3-5-13-4-1-2-6-18(13)19/h1-10,17,20,31H,11-12H2,(H,27,32). The minimum Gasteiger partial charge on any atom is -0.493 e. The Kier molecular flexibility index (Phi) is 4.47. The smallest absolute Gasteiger partial charge is 0.336 e. The number of carbonyl (C=O) groups is 1. The molecule has 1 aromatic heterocycles. The molecule has 0 radical (unpaired) electrons. The Hall–Kier alpha value is -3.42. The van der Waals surface area contributed by atoms with Gasteiger partial charge < -0.3 is 15.3 Å². The number of nitrogens with one attached hydrogen (secondary N) is 1. The molecule has 2 bridgehead atoms. The van der Waals surface area contributed by atoms with Crippen LogP contribution in [0.15, 0.2) is 65.5 Å². The van der Waals surface area contributed by atoms with Crippen molar-refractivity contribution in [3.05, 3.63) is 86.9 Å². The molecule has 4 aromatic rings. The van der Waals surface area contributed by atoms with Crippen LogP contribution in [0.25, 0.3) is 16.5 Å². The zero-order valence-corrected chi connectivity index (χ0v) is 18.7. The first-order chi connectivity index (χ1) is 15.9. The zero-order valence-electron chi connectivity index (χ0n) is 17.2. The molecule has 166 valence electrons. The summed E-state index contributed by atoms with van der Waals surface area (Å²) < 4.78 is 2.97. The maximum Gasteiger partial charge on any atom is 0.336 e.